The molecular formula is C28H34N4O5. The Balaban J connectivity index is 1.43. The number of amides is 3. The third-order valence-corrected chi connectivity index (χ3v) is 7.13. The first kappa shape index (κ1) is 26.3. The van der Waals surface area contributed by atoms with Crippen molar-refractivity contribution in [3.8, 4) is 0 Å². The zero-order chi connectivity index (χ0) is 26.4. The van der Waals surface area contributed by atoms with Gasteiger partial charge < -0.3 is 26.0 Å². The topological polar surface area (TPSA) is 128 Å². The molecule has 9 heteroatoms. The van der Waals surface area contributed by atoms with E-state index in [-0.39, 0.29) is 30.6 Å². The number of carboxylic acids is 1. The van der Waals surface area contributed by atoms with Crippen LogP contribution in [-0.4, -0.2) is 58.9 Å². The standard InChI is InChI=1S/C28H34N4O5/c1-18-6-8-22(9-7-18)30-25(33)11-10-23(28(36)37)31-26(34)24-16-20-4-2-3-5-21(20)17-32(24)27(35)19-12-14-29-15-13-19/h2-9,19,23-24,29H,10-17H2,1H3,(H,30,33)(H,31,34)(H,36,37)/t23-,24+/m1/s1. The lowest BCUT2D eigenvalue weighted by molar-refractivity contribution is -0.147. The Morgan fingerprint density at radius 3 is 2.38 bits per heavy atom. The highest BCUT2D eigenvalue weighted by atomic mass is 16.4. The van der Waals surface area contributed by atoms with Crippen LogP contribution in [0.15, 0.2) is 48.5 Å². The molecule has 1 saturated heterocycles. The zero-order valence-electron chi connectivity index (χ0n) is 21.0. The van der Waals surface area contributed by atoms with E-state index in [1.165, 1.54) is 0 Å². The van der Waals surface area contributed by atoms with Crippen LogP contribution in [-0.2, 0) is 32.1 Å². The summed E-state index contributed by atoms with van der Waals surface area (Å²) in [5, 5.41) is 18.4. The van der Waals surface area contributed by atoms with E-state index in [1.54, 1.807) is 17.0 Å². The van der Waals surface area contributed by atoms with E-state index < -0.39 is 24.0 Å². The number of piperidine rings is 1. The SMILES string of the molecule is Cc1ccc(NC(=O)CC[C@@H](NC(=O)[C@@H]2Cc3ccccc3CN2C(=O)C2CCNCC2)C(=O)O)cc1. The Hall–Kier alpha value is -3.72. The number of aryl methyl sites for hydroxylation is 1. The van der Waals surface area contributed by atoms with E-state index in [0.29, 0.717) is 31.5 Å². The molecule has 0 saturated carbocycles. The first-order chi connectivity index (χ1) is 17.8. The third-order valence-electron chi connectivity index (χ3n) is 7.13. The van der Waals surface area contributed by atoms with Crippen molar-refractivity contribution < 1.29 is 24.3 Å². The number of aliphatic carboxylic acids is 1. The predicted molar refractivity (Wildman–Crippen MR) is 139 cm³/mol. The van der Waals surface area contributed by atoms with Crippen LogP contribution in [0.25, 0.3) is 0 Å². The molecule has 0 spiro atoms. The van der Waals surface area contributed by atoms with Crippen LogP contribution in [0.2, 0.25) is 0 Å². The summed E-state index contributed by atoms with van der Waals surface area (Å²) in [5.74, 6) is -2.30. The minimum atomic E-state index is -1.25. The van der Waals surface area contributed by atoms with E-state index in [4.69, 9.17) is 0 Å². The second-order valence-electron chi connectivity index (χ2n) is 9.83. The lowest BCUT2D eigenvalue weighted by Gasteiger charge is -2.39. The van der Waals surface area contributed by atoms with Gasteiger partial charge in [0.2, 0.25) is 17.7 Å². The van der Waals surface area contributed by atoms with Gasteiger partial charge in [0.25, 0.3) is 0 Å². The average molecular weight is 507 g/mol. The van der Waals surface area contributed by atoms with Crippen LogP contribution in [0.3, 0.4) is 0 Å². The molecule has 2 aromatic rings. The lowest BCUT2D eigenvalue weighted by Crippen LogP contribution is -2.57. The van der Waals surface area contributed by atoms with Gasteiger partial charge in [-0.15, -0.1) is 0 Å². The quantitative estimate of drug-likeness (QED) is 0.435. The Labute approximate surface area is 216 Å². The van der Waals surface area contributed by atoms with Gasteiger partial charge in [-0.3, -0.25) is 14.4 Å². The monoisotopic (exact) mass is 506 g/mol. The molecule has 4 N–H and O–H groups in total. The van der Waals surface area contributed by atoms with E-state index in [2.05, 4.69) is 16.0 Å². The zero-order valence-corrected chi connectivity index (χ0v) is 21.0. The molecule has 9 nitrogen and oxygen atoms in total. The summed E-state index contributed by atoms with van der Waals surface area (Å²) in [6.45, 7) is 3.76. The van der Waals surface area contributed by atoms with Crippen molar-refractivity contribution in [2.24, 2.45) is 5.92 Å². The van der Waals surface area contributed by atoms with Crippen molar-refractivity contribution in [2.45, 2.75) is 57.7 Å². The molecule has 2 aliphatic heterocycles. The smallest absolute Gasteiger partial charge is 0.326 e. The van der Waals surface area contributed by atoms with E-state index in [9.17, 15) is 24.3 Å². The summed E-state index contributed by atoms with van der Waals surface area (Å²) in [4.78, 5) is 52.8. The first-order valence-electron chi connectivity index (χ1n) is 12.8. The number of nitrogens with zero attached hydrogens (tertiary/aromatic N) is 1. The van der Waals surface area contributed by atoms with E-state index in [0.717, 1.165) is 29.8 Å². The second-order valence-corrected chi connectivity index (χ2v) is 9.83. The molecular weight excluding hydrogens is 472 g/mol. The molecule has 4 rings (SSSR count). The number of hydrogen-bond donors (Lipinski definition) is 4. The molecule has 0 bridgehead atoms. The number of carbonyl (C=O) groups is 4. The molecule has 0 aliphatic carbocycles. The van der Waals surface area contributed by atoms with Gasteiger partial charge >= 0.3 is 5.97 Å². The fourth-order valence-corrected chi connectivity index (χ4v) is 4.95. The number of nitrogens with one attached hydrogen (secondary N) is 3. The number of carbonyl (C=O) groups excluding carboxylic acids is 3. The molecule has 0 unspecified atom stereocenters. The number of carboxylic acid groups (broad SMARTS) is 1. The number of anilines is 1. The maximum Gasteiger partial charge on any atom is 0.326 e. The van der Waals surface area contributed by atoms with Crippen molar-refractivity contribution in [1.29, 1.82) is 0 Å². The van der Waals surface area contributed by atoms with Gasteiger partial charge in [0.15, 0.2) is 0 Å². The minimum Gasteiger partial charge on any atom is -0.480 e. The van der Waals surface area contributed by atoms with Crippen molar-refractivity contribution in [2.75, 3.05) is 18.4 Å². The molecule has 1 fully saturated rings. The number of benzene rings is 2. The highest BCUT2D eigenvalue weighted by Crippen LogP contribution is 2.27. The number of rotatable bonds is 8. The van der Waals surface area contributed by atoms with Crippen LogP contribution in [0, 0.1) is 12.8 Å². The van der Waals surface area contributed by atoms with E-state index in [1.807, 2.05) is 43.3 Å². The van der Waals surface area contributed by atoms with Crippen LogP contribution in [0.1, 0.15) is 42.4 Å². The molecule has 2 aromatic carbocycles. The normalized spacial score (nSPS) is 18.4. The van der Waals surface area contributed by atoms with Gasteiger partial charge in [-0.25, -0.2) is 4.79 Å². The number of hydrogen-bond acceptors (Lipinski definition) is 5. The maximum atomic E-state index is 13.5. The fourth-order valence-electron chi connectivity index (χ4n) is 4.95. The lowest BCUT2D eigenvalue weighted by atomic mass is 9.89. The highest BCUT2D eigenvalue weighted by Gasteiger charge is 2.38. The van der Waals surface area contributed by atoms with Gasteiger partial charge in [-0.2, -0.15) is 0 Å². The third kappa shape index (κ3) is 6.74. The summed E-state index contributed by atoms with van der Waals surface area (Å²) >= 11 is 0. The first-order valence-corrected chi connectivity index (χ1v) is 12.8. The van der Waals surface area contributed by atoms with Gasteiger partial charge in [-0.1, -0.05) is 42.0 Å². The summed E-state index contributed by atoms with van der Waals surface area (Å²) < 4.78 is 0. The second kappa shape index (κ2) is 12.0. The molecule has 196 valence electrons. The Kier molecular flexibility index (Phi) is 8.55. The van der Waals surface area contributed by atoms with Crippen LogP contribution < -0.4 is 16.0 Å². The van der Waals surface area contributed by atoms with Crippen molar-refractivity contribution >= 4 is 29.4 Å². The fraction of sp³-hybridized carbons (Fsp3) is 0.429. The van der Waals surface area contributed by atoms with E-state index >= 15 is 0 Å². The van der Waals surface area contributed by atoms with Crippen LogP contribution in [0.4, 0.5) is 5.69 Å². The molecule has 0 radical (unpaired) electrons. The predicted octanol–water partition coefficient (Wildman–Crippen LogP) is 2.24. The van der Waals surface area contributed by atoms with Gasteiger partial charge in [-0.05, 0) is 62.5 Å². The highest BCUT2D eigenvalue weighted by molar-refractivity contribution is 5.93. The molecule has 37 heavy (non-hydrogen) atoms. The molecule has 0 aromatic heterocycles. The molecule has 2 aliphatic rings. The largest absolute Gasteiger partial charge is 0.480 e. The molecule has 3 amide bonds. The Morgan fingerprint density at radius 2 is 1.70 bits per heavy atom. The molecule has 2 atom stereocenters. The van der Waals surface area contributed by atoms with Crippen molar-refractivity contribution in [3.63, 3.8) is 0 Å². The summed E-state index contributed by atoms with van der Waals surface area (Å²) in [7, 11) is 0. The van der Waals surface area contributed by atoms with Gasteiger partial charge in [0, 0.05) is 31.0 Å². The Bertz CT molecular complexity index is 1140. The summed E-state index contributed by atoms with van der Waals surface area (Å²) in [6.07, 6.45) is 1.60. The van der Waals surface area contributed by atoms with Crippen molar-refractivity contribution in [3.05, 3.63) is 65.2 Å². The van der Waals surface area contributed by atoms with Gasteiger partial charge in [0.1, 0.15) is 12.1 Å². The maximum absolute atomic E-state index is 13.5. The van der Waals surface area contributed by atoms with Gasteiger partial charge in [0.05, 0.1) is 0 Å². The van der Waals surface area contributed by atoms with Crippen LogP contribution >= 0.6 is 0 Å². The molecule has 2 heterocycles. The Morgan fingerprint density at radius 1 is 1.03 bits per heavy atom. The average Bonchev–Trinajstić information content (AvgIpc) is 2.91. The van der Waals surface area contributed by atoms with Crippen molar-refractivity contribution in [1.82, 2.24) is 15.5 Å². The summed E-state index contributed by atoms with van der Waals surface area (Å²) in [5.41, 5.74) is 3.65. The number of fused-ring (bicyclic) bond motifs is 1. The summed E-state index contributed by atoms with van der Waals surface area (Å²) in [6, 6.07) is 12.9. The van der Waals surface area contributed by atoms with Crippen LogP contribution in [0.5, 0.6) is 0 Å². The minimum absolute atomic E-state index is 0.0652.